The summed E-state index contributed by atoms with van der Waals surface area (Å²) < 4.78 is 8.60. The minimum Gasteiger partial charge on any atom is -0.456 e. The number of hydrogen-bond donors (Lipinski definition) is 0. The highest BCUT2D eigenvalue weighted by Crippen LogP contribution is 2.25. The van der Waals surface area contributed by atoms with Gasteiger partial charge in [0, 0.05) is 10.7 Å². The number of benzene rings is 1. The molecule has 0 unspecified atom stereocenters. The highest BCUT2D eigenvalue weighted by molar-refractivity contribution is 14.1. The van der Waals surface area contributed by atoms with E-state index in [-0.39, 0.29) is 5.97 Å². The van der Waals surface area contributed by atoms with E-state index in [1.165, 1.54) is 0 Å². The van der Waals surface area contributed by atoms with Gasteiger partial charge < -0.3 is 4.74 Å². The van der Waals surface area contributed by atoms with Crippen molar-refractivity contribution in [3.63, 3.8) is 0 Å². The Balaban J connectivity index is 3.05. The lowest BCUT2D eigenvalue weighted by Crippen LogP contribution is -2.27. The van der Waals surface area contributed by atoms with Crippen LogP contribution in [0.5, 0.6) is 0 Å². The van der Waals surface area contributed by atoms with Crippen LogP contribution in [0.15, 0.2) is 12.1 Å². The molecule has 0 aliphatic heterocycles. The third-order valence-corrected chi connectivity index (χ3v) is 6.10. The summed E-state index contributed by atoms with van der Waals surface area (Å²) in [5, 5.41) is 0. The molecule has 0 radical (unpaired) electrons. The molecule has 5 heteroatoms. The zero-order valence-electron chi connectivity index (χ0n) is 9.81. The van der Waals surface area contributed by atoms with Crippen molar-refractivity contribution >= 4 is 73.7 Å². The molecular formula is C12H13I3O2. The van der Waals surface area contributed by atoms with Crippen molar-refractivity contribution < 1.29 is 9.53 Å². The van der Waals surface area contributed by atoms with Crippen LogP contribution in [-0.4, -0.2) is 11.6 Å². The average molecular weight is 570 g/mol. The molecular weight excluding hydrogens is 557 g/mol. The van der Waals surface area contributed by atoms with Gasteiger partial charge in [-0.2, -0.15) is 0 Å². The van der Waals surface area contributed by atoms with Gasteiger partial charge in [-0.25, -0.2) is 4.79 Å². The summed E-state index contributed by atoms with van der Waals surface area (Å²) in [4.78, 5) is 12.1. The van der Waals surface area contributed by atoms with Gasteiger partial charge in [-0.3, -0.25) is 0 Å². The van der Waals surface area contributed by atoms with Crippen LogP contribution in [0.1, 0.15) is 37.6 Å². The van der Waals surface area contributed by atoms with E-state index < -0.39 is 5.60 Å². The maximum atomic E-state index is 12.1. The van der Waals surface area contributed by atoms with Crippen molar-refractivity contribution in [3.05, 3.63) is 28.4 Å². The van der Waals surface area contributed by atoms with Gasteiger partial charge in [0.2, 0.25) is 0 Å². The molecule has 0 saturated carbocycles. The molecule has 2 nitrogen and oxygen atoms in total. The lowest BCUT2D eigenvalue weighted by Gasteiger charge is -2.23. The SMILES string of the molecule is CCC(C)(C)OC(=O)c1cc(I)cc(I)c1I. The fourth-order valence-corrected chi connectivity index (χ4v) is 3.46. The molecule has 0 bridgehead atoms. The van der Waals surface area contributed by atoms with Gasteiger partial charge in [0.25, 0.3) is 0 Å². The van der Waals surface area contributed by atoms with Crippen molar-refractivity contribution in [2.75, 3.05) is 0 Å². The lowest BCUT2D eigenvalue weighted by atomic mass is 10.1. The molecule has 0 aliphatic rings. The van der Waals surface area contributed by atoms with E-state index >= 15 is 0 Å². The summed E-state index contributed by atoms with van der Waals surface area (Å²) in [5.41, 5.74) is 0.246. The Hall–Kier alpha value is 0.880. The molecule has 0 aromatic heterocycles. The Labute approximate surface area is 143 Å². The Kier molecular flexibility index (Phi) is 5.96. The zero-order chi connectivity index (χ0) is 13.2. The first kappa shape index (κ1) is 15.9. The van der Waals surface area contributed by atoms with Crippen LogP contribution < -0.4 is 0 Å². The normalized spacial score (nSPS) is 11.4. The smallest absolute Gasteiger partial charge is 0.339 e. The standard InChI is InChI=1S/C12H13I3O2/c1-4-12(2,3)17-11(16)8-5-7(13)6-9(14)10(8)15/h5-6H,4H2,1-3H3. The predicted molar refractivity (Wildman–Crippen MR) is 94.4 cm³/mol. The van der Waals surface area contributed by atoms with Gasteiger partial charge in [-0.15, -0.1) is 0 Å². The summed E-state index contributed by atoms with van der Waals surface area (Å²) in [6.07, 6.45) is 0.802. The molecule has 17 heavy (non-hydrogen) atoms. The molecule has 1 aromatic carbocycles. The zero-order valence-corrected chi connectivity index (χ0v) is 16.3. The summed E-state index contributed by atoms with van der Waals surface area (Å²) in [5.74, 6) is -0.238. The van der Waals surface area contributed by atoms with E-state index in [1.54, 1.807) is 0 Å². The summed E-state index contributed by atoms with van der Waals surface area (Å²) in [6, 6.07) is 3.92. The number of ether oxygens (including phenoxy) is 1. The monoisotopic (exact) mass is 570 g/mol. The fraction of sp³-hybridized carbons (Fsp3) is 0.417. The minimum atomic E-state index is -0.410. The largest absolute Gasteiger partial charge is 0.456 e. The molecule has 1 rings (SSSR count). The quantitative estimate of drug-likeness (QED) is 0.296. The van der Waals surface area contributed by atoms with Crippen LogP contribution in [0.2, 0.25) is 0 Å². The van der Waals surface area contributed by atoms with Gasteiger partial charge in [0.1, 0.15) is 5.60 Å². The Bertz CT molecular complexity index is 442. The number of carbonyl (C=O) groups is 1. The molecule has 1 aromatic rings. The fourth-order valence-electron chi connectivity index (χ4n) is 1.08. The van der Waals surface area contributed by atoms with E-state index in [1.807, 2.05) is 32.9 Å². The second-order valence-electron chi connectivity index (χ2n) is 4.25. The summed E-state index contributed by atoms with van der Waals surface area (Å²) >= 11 is 6.64. The molecule has 0 amide bonds. The van der Waals surface area contributed by atoms with Crippen LogP contribution in [0.25, 0.3) is 0 Å². The number of halogens is 3. The second-order valence-corrected chi connectivity index (χ2v) is 7.74. The molecule has 0 heterocycles. The average Bonchev–Trinajstić information content (AvgIpc) is 2.22. The van der Waals surface area contributed by atoms with Gasteiger partial charge in [0.05, 0.1) is 5.56 Å². The van der Waals surface area contributed by atoms with Crippen molar-refractivity contribution in [2.45, 2.75) is 32.8 Å². The molecule has 0 spiro atoms. The van der Waals surface area contributed by atoms with E-state index in [9.17, 15) is 4.79 Å². The maximum absolute atomic E-state index is 12.1. The molecule has 0 N–H and O–H groups in total. The third-order valence-electron chi connectivity index (χ3n) is 2.43. The molecule has 0 aliphatic carbocycles. The van der Waals surface area contributed by atoms with Gasteiger partial charge in [-0.1, -0.05) is 6.92 Å². The Morgan fingerprint density at radius 1 is 1.29 bits per heavy atom. The van der Waals surface area contributed by atoms with Crippen LogP contribution in [0, 0.1) is 10.7 Å². The van der Waals surface area contributed by atoms with Crippen molar-refractivity contribution in [3.8, 4) is 0 Å². The second kappa shape index (κ2) is 6.36. The predicted octanol–water partition coefficient (Wildman–Crippen LogP) is 4.85. The van der Waals surface area contributed by atoms with Crippen molar-refractivity contribution in [1.82, 2.24) is 0 Å². The van der Waals surface area contributed by atoms with E-state index in [0.717, 1.165) is 17.1 Å². The van der Waals surface area contributed by atoms with Crippen LogP contribution in [0.4, 0.5) is 0 Å². The highest BCUT2D eigenvalue weighted by Gasteiger charge is 2.23. The first-order valence-electron chi connectivity index (χ1n) is 5.14. The van der Waals surface area contributed by atoms with Gasteiger partial charge >= 0.3 is 5.97 Å². The first-order valence-corrected chi connectivity index (χ1v) is 8.38. The summed E-state index contributed by atoms with van der Waals surface area (Å²) in [7, 11) is 0. The highest BCUT2D eigenvalue weighted by atomic mass is 127. The van der Waals surface area contributed by atoms with Crippen LogP contribution in [0.3, 0.4) is 0 Å². The lowest BCUT2D eigenvalue weighted by molar-refractivity contribution is -0.00256. The molecule has 0 atom stereocenters. The van der Waals surface area contributed by atoms with E-state index in [2.05, 4.69) is 67.8 Å². The Morgan fingerprint density at radius 3 is 2.41 bits per heavy atom. The molecule has 0 saturated heterocycles. The molecule has 0 fully saturated rings. The van der Waals surface area contributed by atoms with Crippen LogP contribution in [-0.2, 0) is 4.74 Å². The number of rotatable bonds is 3. The van der Waals surface area contributed by atoms with Gasteiger partial charge in [-0.05, 0) is 100 Å². The minimum absolute atomic E-state index is 0.238. The summed E-state index contributed by atoms with van der Waals surface area (Å²) in [6.45, 7) is 5.87. The number of esters is 1. The number of hydrogen-bond acceptors (Lipinski definition) is 2. The third kappa shape index (κ3) is 4.48. The van der Waals surface area contributed by atoms with Gasteiger partial charge in [0.15, 0.2) is 0 Å². The first-order chi connectivity index (χ1) is 7.76. The van der Waals surface area contributed by atoms with Crippen molar-refractivity contribution in [1.29, 1.82) is 0 Å². The molecule has 94 valence electrons. The van der Waals surface area contributed by atoms with Crippen LogP contribution >= 0.6 is 67.8 Å². The van der Waals surface area contributed by atoms with E-state index in [0.29, 0.717) is 5.56 Å². The van der Waals surface area contributed by atoms with E-state index in [4.69, 9.17) is 4.74 Å². The topological polar surface area (TPSA) is 26.3 Å². The number of carbonyl (C=O) groups excluding carboxylic acids is 1. The van der Waals surface area contributed by atoms with Crippen molar-refractivity contribution in [2.24, 2.45) is 0 Å². The Morgan fingerprint density at radius 2 is 1.88 bits per heavy atom. The maximum Gasteiger partial charge on any atom is 0.339 e.